The maximum atomic E-state index is 13.7. The first kappa shape index (κ1) is 18.2. The van der Waals surface area contributed by atoms with Crippen molar-refractivity contribution in [1.82, 2.24) is 10.3 Å². The van der Waals surface area contributed by atoms with Gasteiger partial charge in [0, 0.05) is 18.3 Å². The van der Waals surface area contributed by atoms with E-state index in [9.17, 15) is 18.4 Å². The highest BCUT2D eigenvalue weighted by Crippen LogP contribution is 2.19. The number of nitrogens with one attached hydrogen (secondary N) is 2. The van der Waals surface area contributed by atoms with Crippen molar-refractivity contribution in [2.24, 2.45) is 0 Å². The molecule has 0 atom stereocenters. The summed E-state index contributed by atoms with van der Waals surface area (Å²) < 4.78 is 27.3. The first-order valence-electron chi connectivity index (χ1n) is 8.08. The van der Waals surface area contributed by atoms with Gasteiger partial charge in [-0.25, -0.2) is 8.78 Å². The van der Waals surface area contributed by atoms with E-state index in [1.54, 1.807) is 0 Å². The van der Waals surface area contributed by atoms with Crippen LogP contribution in [0.1, 0.15) is 26.4 Å². The van der Waals surface area contributed by atoms with Crippen LogP contribution in [0.25, 0.3) is 0 Å². The predicted molar refractivity (Wildman–Crippen MR) is 96.2 cm³/mol. The zero-order chi connectivity index (χ0) is 19.2. The minimum atomic E-state index is -0.891. The molecule has 0 unspecified atom stereocenters. The van der Waals surface area contributed by atoms with Crippen molar-refractivity contribution in [2.45, 2.75) is 6.54 Å². The lowest BCUT2D eigenvalue weighted by Crippen LogP contribution is -2.24. The normalized spacial score (nSPS) is 10.3. The van der Waals surface area contributed by atoms with E-state index < -0.39 is 29.1 Å². The third-order valence-electron chi connectivity index (χ3n) is 3.75. The highest BCUT2D eigenvalue weighted by molar-refractivity contribution is 6.05. The van der Waals surface area contributed by atoms with Gasteiger partial charge < -0.3 is 10.6 Å². The molecular weight excluding hydrogens is 352 g/mol. The van der Waals surface area contributed by atoms with Gasteiger partial charge in [0.25, 0.3) is 11.8 Å². The predicted octanol–water partition coefficient (Wildman–Crippen LogP) is 3.54. The molecule has 0 saturated carbocycles. The number of benzene rings is 2. The van der Waals surface area contributed by atoms with E-state index in [0.29, 0.717) is 6.54 Å². The summed E-state index contributed by atoms with van der Waals surface area (Å²) in [6.07, 6.45) is 1.28. The number of pyridine rings is 1. The second kappa shape index (κ2) is 8.18. The number of halogens is 2. The van der Waals surface area contributed by atoms with Gasteiger partial charge >= 0.3 is 0 Å². The van der Waals surface area contributed by atoms with Crippen molar-refractivity contribution >= 4 is 17.5 Å². The number of amides is 2. The van der Waals surface area contributed by atoms with Gasteiger partial charge in [0.15, 0.2) is 0 Å². The van der Waals surface area contributed by atoms with Crippen LogP contribution in [-0.2, 0) is 6.54 Å². The van der Waals surface area contributed by atoms with Gasteiger partial charge in [-0.2, -0.15) is 0 Å². The molecule has 2 aromatic carbocycles. The van der Waals surface area contributed by atoms with E-state index in [0.717, 1.165) is 17.7 Å². The molecule has 3 aromatic rings. The third kappa shape index (κ3) is 4.52. The SMILES string of the molecule is O=C(Nc1c(F)cccc1F)c1ccnc(C(=O)NCc2ccccc2)c1. The molecule has 2 amide bonds. The van der Waals surface area contributed by atoms with Crippen LogP contribution in [0, 0.1) is 11.6 Å². The highest BCUT2D eigenvalue weighted by atomic mass is 19.1. The molecule has 136 valence electrons. The number of nitrogens with zero attached hydrogens (tertiary/aromatic N) is 1. The van der Waals surface area contributed by atoms with Crippen LogP contribution in [0.15, 0.2) is 66.9 Å². The first-order valence-corrected chi connectivity index (χ1v) is 8.08. The molecule has 3 rings (SSSR count). The molecule has 0 radical (unpaired) electrons. The number of hydrogen-bond donors (Lipinski definition) is 2. The topological polar surface area (TPSA) is 71.1 Å². The van der Waals surface area contributed by atoms with E-state index in [-0.39, 0.29) is 11.3 Å². The van der Waals surface area contributed by atoms with Crippen LogP contribution >= 0.6 is 0 Å². The first-order chi connectivity index (χ1) is 13.0. The molecule has 5 nitrogen and oxygen atoms in total. The van der Waals surface area contributed by atoms with Crippen LogP contribution in [0.3, 0.4) is 0 Å². The molecule has 0 saturated heterocycles. The Kier molecular flexibility index (Phi) is 5.51. The van der Waals surface area contributed by atoms with E-state index in [1.807, 2.05) is 30.3 Å². The monoisotopic (exact) mass is 367 g/mol. The molecular formula is C20H15F2N3O2. The summed E-state index contributed by atoms with van der Waals surface area (Å²) in [4.78, 5) is 28.4. The fraction of sp³-hybridized carbons (Fsp3) is 0.0500. The lowest BCUT2D eigenvalue weighted by molar-refractivity contribution is 0.0946. The minimum Gasteiger partial charge on any atom is -0.347 e. The van der Waals surface area contributed by atoms with Crippen molar-refractivity contribution < 1.29 is 18.4 Å². The van der Waals surface area contributed by atoms with Gasteiger partial charge in [0.05, 0.1) is 0 Å². The summed E-state index contributed by atoms with van der Waals surface area (Å²) in [5.41, 5.74) is 0.439. The number of aromatic nitrogens is 1. The van der Waals surface area contributed by atoms with Crippen LogP contribution in [-0.4, -0.2) is 16.8 Å². The molecule has 27 heavy (non-hydrogen) atoms. The maximum absolute atomic E-state index is 13.7. The standard InChI is InChI=1S/C20H15F2N3O2/c21-15-7-4-8-16(22)18(15)25-19(26)14-9-10-23-17(11-14)20(27)24-12-13-5-2-1-3-6-13/h1-11H,12H2,(H,24,27)(H,25,26). The molecule has 0 spiro atoms. The molecule has 2 N–H and O–H groups in total. The van der Waals surface area contributed by atoms with Gasteiger partial charge in [-0.3, -0.25) is 14.6 Å². The molecule has 0 bridgehead atoms. The van der Waals surface area contributed by atoms with Crippen molar-refractivity contribution in [1.29, 1.82) is 0 Å². The summed E-state index contributed by atoms with van der Waals surface area (Å²) >= 11 is 0. The average molecular weight is 367 g/mol. The molecule has 1 aromatic heterocycles. The van der Waals surface area contributed by atoms with Crippen molar-refractivity contribution in [3.63, 3.8) is 0 Å². The van der Waals surface area contributed by atoms with Crippen LogP contribution < -0.4 is 10.6 Å². The Balaban J connectivity index is 1.71. The largest absolute Gasteiger partial charge is 0.347 e. The number of anilines is 1. The second-order valence-electron chi connectivity index (χ2n) is 5.65. The minimum absolute atomic E-state index is 0.0209. The smallest absolute Gasteiger partial charge is 0.270 e. The number of carbonyl (C=O) groups is 2. The van der Waals surface area contributed by atoms with E-state index in [4.69, 9.17) is 0 Å². The Labute approximate surface area is 154 Å². The van der Waals surface area contributed by atoms with E-state index in [2.05, 4.69) is 15.6 Å². The Hall–Kier alpha value is -3.61. The molecule has 7 heteroatoms. The molecule has 1 heterocycles. The van der Waals surface area contributed by atoms with Crippen molar-refractivity contribution in [3.8, 4) is 0 Å². The summed E-state index contributed by atoms with van der Waals surface area (Å²) in [5.74, 6) is -3.00. The van der Waals surface area contributed by atoms with Gasteiger partial charge in [-0.15, -0.1) is 0 Å². The van der Waals surface area contributed by atoms with Crippen molar-refractivity contribution in [3.05, 3.63) is 95.3 Å². The van der Waals surface area contributed by atoms with Crippen LogP contribution in [0.4, 0.5) is 14.5 Å². The second-order valence-corrected chi connectivity index (χ2v) is 5.65. The van der Waals surface area contributed by atoms with Gasteiger partial charge in [-0.05, 0) is 29.8 Å². The zero-order valence-corrected chi connectivity index (χ0v) is 14.1. The number of para-hydroxylation sites is 1. The summed E-state index contributed by atoms with van der Waals surface area (Å²) in [6.45, 7) is 0.304. The van der Waals surface area contributed by atoms with E-state index in [1.165, 1.54) is 24.4 Å². The van der Waals surface area contributed by atoms with E-state index >= 15 is 0 Å². The summed E-state index contributed by atoms with van der Waals surface area (Å²) in [7, 11) is 0. The van der Waals surface area contributed by atoms with Crippen molar-refractivity contribution in [2.75, 3.05) is 5.32 Å². The Bertz CT molecular complexity index is 958. The van der Waals surface area contributed by atoms with Crippen LogP contribution in [0.2, 0.25) is 0 Å². The third-order valence-corrected chi connectivity index (χ3v) is 3.75. The number of carbonyl (C=O) groups excluding carboxylic acids is 2. The Morgan fingerprint density at radius 1 is 0.889 bits per heavy atom. The Morgan fingerprint density at radius 2 is 1.59 bits per heavy atom. The zero-order valence-electron chi connectivity index (χ0n) is 14.1. The average Bonchev–Trinajstić information content (AvgIpc) is 2.70. The molecule has 0 aliphatic heterocycles. The number of hydrogen-bond acceptors (Lipinski definition) is 3. The quantitative estimate of drug-likeness (QED) is 0.725. The number of rotatable bonds is 5. The maximum Gasteiger partial charge on any atom is 0.270 e. The highest BCUT2D eigenvalue weighted by Gasteiger charge is 2.15. The molecule has 0 aliphatic carbocycles. The molecule has 0 aliphatic rings. The van der Waals surface area contributed by atoms with Crippen LogP contribution in [0.5, 0.6) is 0 Å². The fourth-order valence-corrected chi connectivity index (χ4v) is 2.37. The lowest BCUT2D eigenvalue weighted by Gasteiger charge is -2.09. The van der Waals surface area contributed by atoms with Gasteiger partial charge in [-0.1, -0.05) is 36.4 Å². The summed E-state index contributed by atoms with van der Waals surface area (Å²) in [5, 5.41) is 4.87. The van der Waals surface area contributed by atoms with Gasteiger partial charge in [0.2, 0.25) is 0 Å². The van der Waals surface area contributed by atoms with Gasteiger partial charge in [0.1, 0.15) is 23.0 Å². The lowest BCUT2D eigenvalue weighted by atomic mass is 10.2. The summed E-state index contributed by atoms with van der Waals surface area (Å²) in [6, 6.07) is 15.2. The Morgan fingerprint density at radius 3 is 2.30 bits per heavy atom. The fourth-order valence-electron chi connectivity index (χ4n) is 2.37. The molecule has 0 fully saturated rings.